The van der Waals surface area contributed by atoms with Gasteiger partial charge in [-0.25, -0.2) is 13.6 Å². The van der Waals surface area contributed by atoms with Crippen LogP contribution in [-0.4, -0.2) is 11.0 Å². The molecule has 1 unspecified atom stereocenters. The molecule has 0 saturated heterocycles. The van der Waals surface area contributed by atoms with Crippen LogP contribution in [0.2, 0.25) is 0 Å². The molecule has 0 spiro atoms. The summed E-state index contributed by atoms with van der Waals surface area (Å²) in [5, 5.41) is 2.97. The summed E-state index contributed by atoms with van der Waals surface area (Å²) in [6.45, 7) is 6.05. The van der Waals surface area contributed by atoms with Crippen molar-refractivity contribution in [1.82, 2.24) is 15.0 Å². The van der Waals surface area contributed by atoms with E-state index in [1.54, 1.807) is 17.5 Å². The molecule has 2 aromatic carbocycles. The van der Waals surface area contributed by atoms with Gasteiger partial charge in [-0.05, 0) is 86.2 Å². The molecule has 2 N–H and O–H groups in total. The third kappa shape index (κ3) is 6.26. The van der Waals surface area contributed by atoms with Crippen LogP contribution >= 0.6 is 23.3 Å². The smallest absolute Gasteiger partial charge is 0.325 e. The highest BCUT2D eigenvalue weighted by atomic mass is 32.2. The van der Waals surface area contributed by atoms with Crippen LogP contribution in [-0.2, 0) is 6.42 Å². The number of carbonyl (C=O) groups is 1. The number of urea groups is 1. The number of thiophene rings is 1. The number of hydrogen-bond acceptors (Lipinski definition) is 4. The van der Waals surface area contributed by atoms with Crippen molar-refractivity contribution in [3.8, 4) is 11.1 Å². The number of rotatable bonds is 7. The van der Waals surface area contributed by atoms with Crippen molar-refractivity contribution >= 4 is 29.3 Å². The van der Waals surface area contributed by atoms with Crippen molar-refractivity contribution in [2.45, 2.75) is 38.1 Å². The molecule has 4 rings (SSSR count). The molecular formula is C27H25F2N3OS2. The Balaban J connectivity index is 1.65. The van der Waals surface area contributed by atoms with Crippen LogP contribution in [0.3, 0.4) is 0 Å². The molecule has 0 fully saturated rings. The van der Waals surface area contributed by atoms with E-state index in [9.17, 15) is 13.6 Å². The van der Waals surface area contributed by atoms with Gasteiger partial charge in [0.15, 0.2) is 0 Å². The molecular weight excluding hydrogens is 484 g/mol. The Hall–Kier alpha value is -3.23. The normalized spacial score (nSPS) is 11.8. The zero-order valence-electron chi connectivity index (χ0n) is 19.6. The second-order valence-electron chi connectivity index (χ2n) is 8.24. The summed E-state index contributed by atoms with van der Waals surface area (Å²) in [5.74, 6) is -1.33. The third-order valence-corrected chi connectivity index (χ3v) is 7.45. The summed E-state index contributed by atoms with van der Waals surface area (Å²) in [5.41, 5.74) is 4.01. The molecule has 2 amide bonds. The highest BCUT2D eigenvalue weighted by molar-refractivity contribution is 7.98. The van der Waals surface area contributed by atoms with Gasteiger partial charge in [0, 0.05) is 32.5 Å². The summed E-state index contributed by atoms with van der Waals surface area (Å²) in [6.07, 6.45) is 1.83. The minimum absolute atomic E-state index is 0.170. The lowest BCUT2D eigenvalue weighted by molar-refractivity contribution is 0.242. The molecule has 0 radical (unpaired) electrons. The number of aryl methyl sites for hydroxylation is 3. The first-order valence-corrected chi connectivity index (χ1v) is 12.7. The zero-order valence-corrected chi connectivity index (χ0v) is 21.2. The molecule has 35 heavy (non-hydrogen) atoms. The molecule has 0 aliphatic heterocycles. The molecule has 0 aliphatic rings. The van der Waals surface area contributed by atoms with Crippen molar-refractivity contribution in [1.29, 1.82) is 0 Å². The molecule has 4 aromatic rings. The van der Waals surface area contributed by atoms with Crippen LogP contribution in [0.5, 0.6) is 0 Å². The molecule has 1 atom stereocenters. The van der Waals surface area contributed by atoms with E-state index >= 15 is 0 Å². The fourth-order valence-corrected chi connectivity index (χ4v) is 5.54. The van der Waals surface area contributed by atoms with Crippen LogP contribution in [0.4, 0.5) is 13.6 Å². The minimum Gasteiger partial charge on any atom is -0.329 e. The first-order chi connectivity index (χ1) is 16.8. The van der Waals surface area contributed by atoms with Crippen molar-refractivity contribution in [3.63, 3.8) is 0 Å². The van der Waals surface area contributed by atoms with Gasteiger partial charge < -0.3 is 5.32 Å². The Bertz CT molecular complexity index is 1340. The van der Waals surface area contributed by atoms with Gasteiger partial charge in [-0.2, -0.15) is 0 Å². The molecule has 180 valence electrons. The quantitative estimate of drug-likeness (QED) is 0.257. The number of aromatic nitrogens is 1. The first-order valence-electron chi connectivity index (χ1n) is 11.1. The molecule has 2 heterocycles. The number of hydrogen-bond donors (Lipinski definition) is 2. The predicted molar refractivity (Wildman–Crippen MR) is 139 cm³/mol. The summed E-state index contributed by atoms with van der Waals surface area (Å²) in [7, 11) is 0. The average Bonchev–Trinajstić information content (AvgIpc) is 3.15. The average molecular weight is 510 g/mol. The number of carbonyl (C=O) groups excluding carboxylic acids is 1. The Morgan fingerprint density at radius 3 is 2.43 bits per heavy atom. The predicted octanol–water partition coefficient (Wildman–Crippen LogP) is 7.30. The summed E-state index contributed by atoms with van der Waals surface area (Å²) in [6, 6.07) is 16.0. The van der Waals surface area contributed by atoms with Gasteiger partial charge in [0.25, 0.3) is 0 Å². The van der Waals surface area contributed by atoms with Gasteiger partial charge in [-0.3, -0.25) is 9.71 Å². The summed E-state index contributed by atoms with van der Waals surface area (Å²) in [4.78, 5) is 20.8. The van der Waals surface area contributed by atoms with Crippen LogP contribution in [0.1, 0.15) is 32.6 Å². The van der Waals surface area contributed by atoms with Gasteiger partial charge >= 0.3 is 6.03 Å². The lowest BCUT2D eigenvalue weighted by Gasteiger charge is -2.21. The molecule has 0 bridgehead atoms. The van der Waals surface area contributed by atoms with Gasteiger partial charge in [-0.15, -0.1) is 11.3 Å². The number of halogens is 2. The zero-order chi connectivity index (χ0) is 24.9. The van der Waals surface area contributed by atoms with Gasteiger partial charge in [0.2, 0.25) is 0 Å². The Labute approximate surface area is 212 Å². The first kappa shape index (κ1) is 24.9. The number of nitrogens with one attached hydrogen (secondary N) is 2. The lowest BCUT2D eigenvalue weighted by Crippen LogP contribution is -2.36. The molecule has 4 nitrogen and oxygen atoms in total. The van der Waals surface area contributed by atoms with Crippen LogP contribution in [0.15, 0.2) is 71.8 Å². The SMILES string of the molecule is Cc1cc(-c2cccnc2C(Cc2cc(F)cc(F)c2)NC(=O)NSc2ccccc2C)c(C)s1. The molecule has 0 saturated carbocycles. The highest BCUT2D eigenvalue weighted by Crippen LogP contribution is 2.35. The number of nitrogens with zero attached hydrogens (tertiary/aromatic N) is 1. The molecule has 2 aromatic heterocycles. The van der Waals surface area contributed by atoms with Crippen LogP contribution < -0.4 is 10.0 Å². The topological polar surface area (TPSA) is 54.0 Å². The second kappa shape index (κ2) is 11.0. The maximum absolute atomic E-state index is 13.9. The number of amides is 2. The van der Waals surface area contributed by atoms with E-state index < -0.39 is 23.7 Å². The Morgan fingerprint density at radius 1 is 1.00 bits per heavy atom. The van der Waals surface area contributed by atoms with Crippen LogP contribution in [0.25, 0.3) is 11.1 Å². The fourth-order valence-electron chi connectivity index (χ4n) is 3.96. The number of pyridine rings is 1. The molecule has 8 heteroatoms. The highest BCUT2D eigenvalue weighted by Gasteiger charge is 2.23. The van der Waals surface area contributed by atoms with E-state index in [2.05, 4.69) is 21.1 Å². The largest absolute Gasteiger partial charge is 0.329 e. The maximum Gasteiger partial charge on any atom is 0.325 e. The standard InChI is InChI=1S/C27H25F2N3OS2/c1-16-7-4-5-9-25(16)35-32-27(33)31-24(14-19-12-20(28)15-21(29)13-19)26-22(8-6-10-30-26)23-11-17(2)34-18(23)3/h4-13,15,24H,14H2,1-3H3,(H2,31,32,33). The van der Waals surface area contributed by atoms with Crippen molar-refractivity contribution in [3.05, 3.63) is 105 Å². The van der Waals surface area contributed by atoms with Gasteiger partial charge in [0.05, 0.1) is 11.7 Å². The summed E-state index contributed by atoms with van der Waals surface area (Å²) >= 11 is 2.89. The van der Waals surface area contributed by atoms with E-state index in [4.69, 9.17) is 0 Å². The van der Waals surface area contributed by atoms with E-state index in [-0.39, 0.29) is 6.42 Å². The van der Waals surface area contributed by atoms with Crippen molar-refractivity contribution in [2.75, 3.05) is 0 Å². The van der Waals surface area contributed by atoms with E-state index in [1.165, 1.54) is 24.1 Å². The van der Waals surface area contributed by atoms with Crippen molar-refractivity contribution in [2.24, 2.45) is 0 Å². The fraction of sp³-hybridized carbons (Fsp3) is 0.185. The van der Waals surface area contributed by atoms with Crippen LogP contribution in [0, 0.1) is 32.4 Å². The summed E-state index contributed by atoms with van der Waals surface area (Å²) < 4.78 is 30.7. The van der Waals surface area contributed by atoms with E-state index in [0.717, 1.165) is 37.4 Å². The second-order valence-corrected chi connectivity index (χ2v) is 10.5. The monoisotopic (exact) mass is 509 g/mol. The maximum atomic E-state index is 13.9. The van der Waals surface area contributed by atoms with Crippen molar-refractivity contribution < 1.29 is 13.6 Å². The Kier molecular flexibility index (Phi) is 7.83. The Morgan fingerprint density at radius 2 is 1.74 bits per heavy atom. The minimum atomic E-state index is -0.663. The van der Waals surface area contributed by atoms with Gasteiger partial charge in [0.1, 0.15) is 11.6 Å². The lowest BCUT2D eigenvalue weighted by atomic mass is 9.95. The van der Waals surface area contributed by atoms with E-state index in [1.807, 2.05) is 57.2 Å². The third-order valence-electron chi connectivity index (χ3n) is 5.51. The number of benzene rings is 2. The van der Waals surface area contributed by atoms with Gasteiger partial charge in [-0.1, -0.05) is 24.3 Å². The molecule has 0 aliphatic carbocycles. The van der Waals surface area contributed by atoms with E-state index in [0.29, 0.717) is 11.3 Å².